The van der Waals surface area contributed by atoms with E-state index < -0.39 is 0 Å². The van der Waals surface area contributed by atoms with Crippen LogP contribution in [0.4, 0.5) is 0 Å². The highest BCUT2D eigenvalue weighted by molar-refractivity contribution is 5.84. The van der Waals surface area contributed by atoms with Crippen LogP contribution < -0.4 is 0 Å². The molecule has 0 saturated carbocycles. The second-order valence-corrected chi connectivity index (χ2v) is 3.24. The molecular weight excluding hydrogens is 166 g/mol. The van der Waals surface area contributed by atoms with Crippen molar-refractivity contribution in [1.82, 2.24) is 4.57 Å². The smallest absolute Gasteiger partial charge is 0.159 e. The zero-order valence-corrected chi connectivity index (χ0v) is 7.57. The number of aryl methyl sites for hydroxylation is 2. The van der Waals surface area contributed by atoms with Crippen LogP contribution in [-0.4, -0.2) is 14.8 Å². The zero-order chi connectivity index (χ0) is 9.59. The molecule has 0 bridgehead atoms. The summed E-state index contributed by atoms with van der Waals surface area (Å²) < 4.78 is 1.97. The van der Waals surface area contributed by atoms with Gasteiger partial charge in [-0.15, -0.1) is 0 Å². The highest BCUT2D eigenvalue weighted by atomic mass is 16.3. The van der Waals surface area contributed by atoms with Gasteiger partial charge in [0, 0.05) is 24.2 Å². The Morgan fingerprint density at radius 1 is 1.08 bits per heavy atom. The van der Waals surface area contributed by atoms with E-state index in [1.54, 1.807) is 12.1 Å². The van der Waals surface area contributed by atoms with Gasteiger partial charge in [0.1, 0.15) is 0 Å². The van der Waals surface area contributed by atoms with E-state index >= 15 is 0 Å². The Labute approximate surface area is 75.9 Å². The molecule has 13 heavy (non-hydrogen) atoms. The van der Waals surface area contributed by atoms with Crippen LogP contribution in [0.25, 0.3) is 10.9 Å². The van der Waals surface area contributed by atoms with E-state index in [4.69, 9.17) is 0 Å². The molecule has 0 unspecified atom stereocenters. The molecule has 0 amide bonds. The van der Waals surface area contributed by atoms with Gasteiger partial charge < -0.3 is 14.8 Å². The van der Waals surface area contributed by atoms with E-state index in [-0.39, 0.29) is 11.5 Å². The Morgan fingerprint density at radius 3 is 2.38 bits per heavy atom. The fourth-order valence-electron chi connectivity index (χ4n) is 1.50. The summed E-state index contributed by atoms with van der Waals surface area (Å²) in [6.07, 6.45) is 0. The lowest BCUT2D eigenvalue weighted by Crippen LogP contribution is -1.88. The molecule has 0 aliphatic heterocycles. The first kappa shape index (κ1) is 7.98. The summed E-state index contributed by atoms with van der Waals surface area (Å²) in [6.45, 7) is 1.98. The van der Waals surface area contributed by atoms with Crippen molar-refractivity contribution in [3.05, 3.63) is 23.9 Å². The van der Waals surface area contributed by atoms with E-state index in [0.29, 0.717) is 0 Å². The number of fused-ring (bicyclic) bond motifs is 1. The number of phenols is 2. The molecule has 1 aromatic carbocycles. The van der Waals surface area contributed by atoms with Crippen molar-refractivity contribution in [2.75, 3.05) is 0 Å². The van der Waals surface area contributed by atoms with Gasteiger partial charge in [-0.2, -0.15) is 0 Å². The zero-order valence-electron chi connectivity index (χ0n) is 7.57. The van der Waals surface area contributed by atoms with Crippen LogP contribution in [0, 0.1) is 6.92 Å². The number of aromatic hydroxyl groups is 2. The number of hydrogen-bond acceptors (Lipinski definition) is 2. The average molecular weight is 177 g/mol. The largest absolute Gasteiger partial charge is 0.504 e. The molecule has 0 radical (unpaired) electrons. The lowest BCUT2D eigenvalue weighted by atomic mass is 10.2. The molecular formula is C10H11NO2. The highest BCUT2D eigenvalue weighted by Gasteiger charge is 2.06. The third-order valence-electron chi connectivity index (χ3n) is 2.38. The van der Waals surface area contributed by atoms with Gasteiger partial charge in [0.2, 0.25) is 0 Å². The van der Waals surface area contributed by atoms with E-state index in [1.807, 2.05) is 24.6 Å². The predicted octanol–water partition coefficient (Wildman–Crippen LogP) is 1.90. The normalized spacial score (nSPS) is 10.9. The number of rotatable bonds is 0. The number of aromatic nitrogens is 1. The first-order valence-electron chi connectivity index (χ1n) is 4.07. The molecule has 68 valence electrons. The van der Waals surface area contributed by atoms with Crippen molar-refractivity contribution in [2.45, 2.75) is 6.92 Å². The van der Waals surface area contributed by atoms with Crippen molar-refractivity contribution in [1.29, 1.82) is 0 Å². The molecule has 0 aliphatic carbocycles. The second-order valence-electron chi connectivity index (χ2n) is 3.24. The SMILES string of the molecule is Cc1cc2cc(O)c(O)cc2n1C. The molecule has 1 heterocycles. The molecule has 3 heteroatoms. The standard InChI is InChI=1S/C10H11NO2/c1-6-3-7-4-9(12)10(13)5-8(7)11(6)2/h3-5,12-13H,1-2H3. The summed E-state index contributed by atoms with van der Waals surface area (Å²) in [7, 11) is 1.92. The van der Waals surface area contributed by atoms with Gasteiger partial charge in [0.15, 0.2) is 11.5 Å². The topological polar surface area (TPSA) is 45.4 Å². The van der Waals surface area contributed by atoms with E-state index in [2.05, 4.69) is 0 Å². The third-order valence-corrected chi connectivity index (χ3v) is 2.38. The fourth-order valence-corrected chi connectivity index (χ4v) is 1.50. The Kier molecular flexibility index (Phi) is 1.49. The fraction of sp³-hybridized carbons (Fsp3) is 0.200. The van der Waals surface area contributed by atoms with Gasteiger partial charge in [0.05, 0.1) is 5.52 Å². The first-order valence-corrected chi connectivity index (χ1v) is 4.07. The maximum absolute atomic E-state index is 9.29. The molecule has 0 fully saturated rings. The lowest BCUT2D eigenvalue weighted by molar-refractivity contribution is 0.404. The maximum Gasteiger partial charge on any atom is 0.159 e. The second kappa shape index (κ2) is 2.42. The van der Waals surface area contributed by atoms with Crippen LogP contribution >= 0.6 is 0 Å². The Bertz CT molecular complexity index is 471. The summed E-state index contributed by atoms with van der Waals surface area (Å²) in [5, 5.41) is 19.5. The Morgan fingerprint density at radius 2 is 1.69 bits per heavy atom. The number of benzene rings is 1. The molecule has 3 nitrogen and oxygen atoms in total. The molecule has 0 aliphatic rings. The summed E-state index contributed by atoms with van der Waals surface area (Å²) >= 11 is 0. The van der Waals surface area contributed by atoms with Crippen molar-refractivity contribution in [3.63, 3.8) is 0 Å². The minimum absolute atomic E-state index is 0.0712. The molecule has 0 saturated heterocycles. The number of nitrogens with zero attached hydrogens (tertiary/aromatic N) is 1. The molecule has 1 aromatic heterocycles. The monoisotopic (exact) mass is 177 g/mol. The molecule has 2 N–H and O–H groups in total. The van der Waals surface area contributed by atoms with Crippen LogP contribution in [0.3, 0.4) is 0 Å². The van der Waals surface area contributed by atoms with E-state index in [1.165, 1.54) is 0 Å². The first-order chi connectivity index (χ1) is 6.09. The van der Waals surface area contributed by atoms with Crippen LogP contribution in [0.2, 0.25) is 0 Å². The van der Waals surface area contributed by atoms with Gasteiger partial charge in [-0.3, -0.25) is 0 Å². The molecule has 0 spiro atoms. The van der Waals surface area contributed by atoms with E-state index in [0.717, 1.165) is 16.6 Å². The third kappa shape index (κ3) is 1.04. The van der Waals surface area contributed by atoms with Crippen molar-refractivity contribution >= 4 is 10.9 Å². The van der Waals surface area contributed by atoms with Gasteiger partial charge in [-0.05, 0) is 19.1 Å². The van der Waals surface area contributed by atoms with Crippen molar-refractivity contribution in [2.24, 2.45) is 7.05 Å². The molecule has 0 atom stereocenters. The summed E-state index contributed by atoms with van der Waals surface area (Å²) in [6, 6.07) is 5.10. The van der Waals surface area contributed by atoms with Gasteiger partial charge in [-0.25, -0.2) is 0 Å². The van der Waals surface area contributed by atoms with Crippen molar-refractivity contribution in [3.8, 4) is 11.5 Å². The number of hydrogen-bond donors (Lipinski definition) is 2. The molecule has 2 rings (SSSR count). The summed E-state index contributed by atoms with van der Waals surface area (Å²) in [5.74, 6) is -0.146. The van der Waals surface area contributed by atoms with Crippen LogP contribution in [0.5, 0.6) is 11.5 Å². The number of phenolic OH excluding ortho intramolecular Hbond substituents is 2. The van der Waals surface area contributed by atoms with Crippen molar-refractivity contribution < 1.29 is 10.2 Å². The minimum atomic E-state index is -0.0753. The Hall–Kier alpha value is -1.64. The van der Waals surface area contributed by atoms with Gasteiger partial charge in [-0.1, -0.05) is 0 Å². The molecule has 2 aromatic rings. The van der Waals surface area contributed by atoms with Crippen LogP contribution in [0.1, 0.15) is 5.69 Å². The van der Waals surface area contributed by atoms with Gasteiger partial charge >= 0.3 is 0 Å². The highest BCUT2D eigenvalue weighted by Crippen LogP contribution is 2.31. The summed E-state index contributed by atoms with van der Waals surface area (Å²) in [4.78, 5) is 0. The lowest BCUT2D eigenvalue weighted by Gasteiger charge is -2.00. The van der Waals surface area contributed by atoms with E-state index in [9.17, 15) is 10.2 Å². The minimum Gasteiger partial charge on any atom is -0.504 e. The summed E-state index contributed by atoms with van der Waals surface area (Å²) in [5.41, 5.74) is 2.02. The van der Waals surface area contributed by atoms with Gasteiger partial charge in [0.25, 0.3) is 0 Å². The predicted molar refractivity (Wildman–Crippen MR) is 51.0 cm³/mol. The average Bonchev–Trinajstić information content (AvgIpc) is 2.32. The van der Waals surface area contributed by atoms with Crippen LogP contribution in [0.15, 0.2) is 18.2 Å². The maximum atomic E-state index is 9.29. The quantitative estimate of drug-likeness (QED) is 0.603. The Balaban J connectivity index is 2.89. The van der Waals surface area contributed by atoms with Crippen LogP contribution in [-0.2, 0) is 7.05 Å².